The van der Waals surface area contributed by atoms with Crippen molar-refractivity contribution in [1.29, 1.82) is 0 Å². The number of hydrogen-bond acceptors (Lipinski definition) is 4. The number of nitrogens with two attached hydrogens (primary N) is 1. The Hall–Kier alpha value is -1.16. The van der Waals surface area contributed by atoms with E-state index in [1.54, 1.807) is 0 Å². The molecule has 1 atom stereocenters. The van der Waals surface area contributed by atoms with Crippen molar-refractivity contribution in [3.05, 3.63) is 16.8 Å². The van der Waals surface area contributed by atoms with E-state index >= 15 is 0 Å². The third-order valence-electron chi connectivity index (χ3n) is 4.26. The molecule has 1 unspecified atom stereocenters. The molecule has 0 aromatic carbocycles. The standard InChI is InChI=1S/C15H26N4/c1-4-11-8-7-9-19(11)15-13(10-16)12(5-2)14(6-3)17-18-15/h11H,4-10,16H2,1-3H3. The Bertz CT molecular complexity index is 430. The minimum absolute atomic E-state index is 0.563. The monoisotopic (exact) mass is 262 g/mol. The lowest BCUT2D eigenvalue weighted by molar-refractivity contribution is 0.632. The molecule has 0 aliphatic carbocycles. The highest BCUT2D eigenvalue weighted by molar-refractivity contribution is 5.52. The molecule has 2 N–H and O–H groups in total. The zero-order valence-electron chi connectivity index (χ0n) is 12.4. The zero-order chi connectivity index (χ0) is 13.8. The molecule has 1 aliphatic heterocycles. The quantitative estimate of drug-likeness (QED) is 0.885. The minimum atomic E-state index is 0.563. The molecular formula is C15H26N4. The third kappa shape index (κ3) is 2.59. The van der Waals surface area contributed by atoms with Crippen LogP contribution in [0, 0.1) is 0 Å². The molecule has 0 saturated carbocycles. The Morgan fingerprint density at radius 1 is 1.16 bits per heavy atom. The molecule has 2 rings (SSSR count). The van der Waals surface area contributed by atoms with Crippen LogP contribution in [0.25, 0.3) is 0 Å². The lowest BCUT2D eigenvalue weighted by Crippen LogP contribution is -2.31. The Morgan fingerprint density at radius 3 is 2.53 bits per heavy atom. The van der Waals surface area contributed by atoms with Crippen molar-refractivity contribution in [1.82, 2.24) is 10.2 Å². The molecule has 1 aliphatic rings. The molecule has 0 bridgehead atoms. The summed E-state index contributed by atoms with van der Waals surface area (Å²) in [7, 11) is 0. The van der Waals surface area contributed by atoms with Crippen molar-refractivity contribution < 1.29 is 0 Å². The molecule has 19 heavy (non-hydrogen) atoms. The molecular weight excluding hydrogens is 236 g/mol. The smallest absolute Gasteiger partial charge is 0.156 e. The van der Waals surface area contributed by atoms with Crippen LogP contribution in [-0.4, -0.2) is 22.8 Å². The van der Waals surface area contributed by atoms with Crippen molar-refractivity contribution >= 4 is 5.82 Å². The lowest BCUT2D eigenvalue weighted by atomic mass is 10.0. The summed E-state index contributed by atoms with van der Waals surface area (Å²) in [6.45, 7) is 8.22. The van der Waals surface area contributed by atoms with Gasteiger partial charge in [-0.15, -0.1) is 5.10 Å². The highest BCUT2D eigenvalue weighted by atomic mass is 15.3. The highest BCUT2D eigenvalue weighted by Gasteiger charge is 2.27. The van der Waals surface area contributed by atoms with Crippen molar-refractivity contribution in [2.24, 2.45) is 5.73 Å². The first-order chi connectivity index (χ1) is 9.26. The van der Waals surface area contributed by atoms with Crippen LogP contribution < -0.4 is 10.6 Å². The van der Waals surface area contributed by atoms with E-state index in [4.69, 9.17) is 5.73 Å². The van der Waals surface area contributed by atoms with Crippen molar-refractivity contribution in [3.8, 4) is 0 Å². The molecule has 1 saturated heterocycles. The van der Waals surface area contributed by atoms with Crippen molar-refractivity contribution in [2.45, 2.75) is 65.5 Å². The average Bonchev–Trinajstić information content (AvgIpc) is 2.93. The van der Waals surface area contributed by atoms with E-state index < -0.39 is 0 Å². The molecule has 0 spiro atoms. The normalized spacial score (nSPS) is 19.2. The van der Waals surface area contributed by atoms with E-state index in [1.165, 1.54) is 30.4 Å². The fraction of sp³-hybridized carbons (Fsp3) is 0.733. The van der Waals surface area contributed by atoms with Crippen LogP contribution in [0.3, 0.4) is 0 Å². The number of rotatable bonds is 5. The van der Waals surface area contributed by atoms with Crippen molar-refractivity contribution in [3.63, 3.8) is 0 Å². The van der Waals surface area contributed by atoms with Gasteiger partial charge >= 0.3 is 0 Å². The fourth-order valence-corrected chi connectivity index (χ4v) is 3.22. The van der Waals surface area contributed by atoms with Gasteiger partial charge in [0.15, 0.2) is 5.82 Å². The second-order valence-corrected chi connectivity index (χ2v) is 5.24. The first-order valence-corrected chi connectivity index (χ1v) is 7.60. The third-order valence-corrected chi connectivity index (χ3v) is 4.26. The molecule has 4 nitrogen and oxygen atoms in total. The first-order valence-electron chi connectivity index (χ1n) is 7.60. The zero-order valence-corrected chi connectivity index (χ0v) is 12.4. The number of anilines is 1. The van der Waals surface area contributed by atoms with Crippen LogP contribution in [0.1, 0.15) is 56.9 Å². The van der Waals surface area contributed by atoms with Crippen LogP contribution >= 0.6 is 0 Å². The van der Waals surface area contributed by atoms with E-state index in [0.29, 0.717) is 12.6 Å². The van der Waals surface area contributed by atoms with Gasteiger partial charge < -0.3 is 10.6 Å². The second kappa shape index (κ2) is 6.33. The predicted octanol–water partition coefficient (Wildman–Crippen LogP) is 2.44. The molecule has 0 radical (unpaired) electrons. The predicted molar refractivity (Wildman–Crippen MR) is 79.3 cm³/mol. The summed E-state index contributed by atoms with van der Waals surface area (Å²) in [5, 5.41) is 8.95. The number of hydrogen-bond donors (Lipinski definition) is 1. The summed E-state index contributed by atoms with van der Waals surface area (Å²) in [5.41, 5.74) is 9.65. The molecule has 1 aromatic heterocycles. The van der Waals surface area contributed by atoms with E-state index in [9.17, 15) is 0 Å². The van der Waals surface area contributed by atoms with E-state index in [2.05, 4.69) is 35.9 Å². The Morgan fingerprint density at radius 2 is 1.95 bits per heavy atom. The van der Waals surface area contributed by atoms with Gasteiger partial charge in [-0.05, 0) is 37.7 Å². The highest BCUT2D eigenvalue weighted by Crippen LogP contribution is 2.30. The SMILES string of the molecule is CCc1nnc(N2CCCC2CC)c(CN)c1CC. The van der Waals surface area contributed by atoms with Gasteiger partial charge in [-0.3, -0.25) is 0 Å². The minimum Gasteiger partial charge on any atom is -0.352 e. The first kappa shape index (κ1) is 14.3. The Labute approximate surface area is 116 Å². The van der Waals surface area contributed by atoms with Gasteiger partial charge in [0.2, 0.25) is 0 Å². The summed E-state index contributed by atoms with van der Waals surface area (Å²) >= 11 is 0. The summed E-state index contributed by atoms with van der Waals surface area (Å²) in [6, 6.07) is 0.608. The largest absolute Gasteiger partial charge is 0.352 e. The van der Waals surface area contributed by atoms with E-state index in [1.807, 2.05) is 0 Å². The summed E-state index contributed by atoms with van der Waals surface area (Å²) < 4.78 is 0. The maximum Gasteiger partial charge on any atom is 0.156 e. The average molecular weight is 262 g/mol. The van der Waals surface area contributed by atoms with Gasteiger partial charge in [0, 0.05) is 24.7 Å². The molecule has 4 heteroatoms. The van der Waals surface area contributed by atoms with Crippen LogP contribution in [-0.2, 0) is 19.4 Å². The molecule has 1 fully saturated rings. The molecule has 0 amide bonds. The van der Waals surface area contributed by atoms with Crippen LogP contribution in [0.5, 0.6) is 0 Å². The Balaban J connectivity index is 2.45. The van der Waals surface area contributed by atoms with Gasteiger partial charge in [-0.1, -0.05) is 20.8 Å². The number of aromatic nitrogens is 2. The summed E-state index contributed by atoms with van der Waals surface area (Å²) in [6.07, 6.45) is 5.60. The van der Waals surface area contributed by atoms with Gasteiger partial charge in [-0.2, -0.15) is 5.10 Å². The topological polar surface area (TPSA) is 55.0 Å². The Kier molecular flexibility index (Phi) is 4.75. The van der Waals surface area contributed by atoms with E-state index in [-0.39, 0.29) is 0 Å². The van der Waals surface area contributed by atoms with Gasteiger partial charge in [0.25, 0.3) is 0 Å². The van der Waals surface area contributed by atoms with Gasteiger partial charge in [-0.25, -0.2) is 0 Å². The maximum absolute atomic E-state index is 6.01. The molecule has 106 valence electrons. The number of nitrogens with zero attached hydrogens (tertiary/aromatic N) is 3. The van der Waals surface area contributed by atoms with Gasteiger partial charge in [0.1, 0.15) is 0 Å². The van der Waals surface area contributed by atoms with Crippen LogP contribution in [0.4, 0.5) is 5.82 Å². The van der Waals surface area contributed by atoms with Crippen molar-refractivity contribution in [2.75, 3.05) is 11.4 Å². The second-order valence-electron chi connectivity index (χ2n) is 5.24. The molecule has 1 aromatic rings. The number of aryl methyl sites for hydroxylation is 1. The molecule has 2 heterocycles. The van der Waals surface area contributed by atoms with E-state index in [0.717, 1.165) is 30.9 Å². The van der Waals surface area contributed by atoms with Crippen LogP contribution in [0.2, 0.25) is 0 Å². The maximum atomic E-state index is 6.01. The summed E-state index contributed by atoms with van der Waals surface area (Å²) in [4.78, 5) is 2.42. The fourth-order valence-electron chi connectivity index (χ4n) is 3.22. The summed E-state index contributed by atoms with van der Waals surface area (Å²) in [5.74, 6) is 1.04. The lowest BCUT2D eigenvalue weighted by Gasteiger charge is -2.27. The van der Waals surface area contributed by atoms with Crippen LogP contribution in [0.15, 0.2) is 0 Å². The van der Waals surface area contributed by atoms with Gasteiger partial charge in [0.05, 0.1) is 5.69 Å².